The molecule has 0 saturated carbocycles. The van der Waals surface area contributed by atoms with Crippen LogP contribution in [0.3, 0.4) is 0 Å². The fourth-order valence-electron chi connectivity index (χ4n) is 2.04. The minimum atomic E-state index is -4.51. The van der Waals surface area contributed by atoms with E-state index in [4.69, 9.17) is 0 Å². The van der Waals surface area contributed by atoms with Gasteiger partial charge in [0.15, 0.2) is 11.5 Å². The van der Waals surface area contributed by atoms with Gasteiger partial charge in [-0.1, -0.05) is 18.2 Å². The number of halogens is 4. The predicted molar refractivity (Wildman–Crippen MR) is 86.3 cm³/mol. The summed E-state index contributed by atoms with van der Waals surface area (Å²) >= 11 is 3.25. The molecule has 124 valence electrons. The second kappa shape index (κ2) is 6.23. The van der Waals surface area contributed by atoms with Crippen LogP contribution in [0.5, 0.6) is 0 Å². The average Bonchev–Trinajstić information content (AvgIpc) is 2.92. The van der Waals surface area contributed by atoms with Crippen LogP contribution in [-0.2, 0) is 6.18 Å². The van der Waals surface area contributed by atoms with E-state index in [9.17, 15) is 13.2 Å². The number of rotatable bonds is 3. The largest absolute Gasteiger partial charge is 0.435 e. The van der Waals surface area contributed by atoms with E-state index in [2.05, 4.69) is 36.3 Å². The van der Waals surface area contributed by atoms with Crippen molar-refractivity contribution in [3.8, 4) is 5.82 Å². The van der Waals surface area contributed by atoms with Crippen molar-refractivity contribution in [1.82, 2.24) is 19.7 Å². The monoisotopic (exact) mass is 397 g/mol. The van der Waals surface area contributed by atoms with Gasteiger partial charge in [-0.15, -0.1) is 0 Å². The van der Waals surface area contributed by atoms with Crippen LogP contribution >= 0.6 is 15.9 Å². The number of para-hydroxylation sites is 1. The van der Waals surface area contributed by atoms with Crippen LogP contribution in [-0.4, -0.2) is 19.7 Å². The van der Waals surface area contributed by atoms with Crippen LogP contribution in [0.15, 0.2) is 47.1 Å². The Morgan fingerprint density at radius 1 is 1.17 bits per heavy atom. The first-order chi connectivity index (χ1) is 11.3. The second-order valence-electron chi connectivity index (χ2n) is 4.94. The summed E-state index contributed by atoms with van der Waals surface area (Å²) < 4.78 is 40.1. The second-order valence-corrected chi connectivity index (χ2v) is 5.79. The number of alkyl halides is 3. The molecule has 0 unspecified atom stereocenters. The molecule has 3 aromatic rings. The van der Waals surface area contributed by atoms with Crippen molar-refractivity contribution in [3.05, 3.63) is 58.5 Å². The summed E-state index contributed by atoms with van der Waals surface area (Å²) in [6, 6.07) is 10.2. The Morgan fingerprint density at radius 2 is 1.88 bits per heavy atom. The summed E-state index contributed by atoms with van der Waals surface area (Å²) in [7, 11) is 0. The van der Waals surface area contributed by atoms with Gasteiger partial charge in [0.25, 0.3) is 0 Å². The molecule has 1 aromatic carbocycles. The molecular formula is C15H11BrF3N5. The van der Waals surface area contributed by atoms with Crippen LogP contribution in [0.4, 0.5) is 24.8 Å². The lowest BCUT2D eigenvalue weighted by Gasteiger charge is -2.09. The molecule has 3 rings (SSSR count). The smallest absolute Gasteiger partial charge is 0.324 e. The summed E-state index contributed by atoms with van der Waals surface area (Å²) in [5.41, 5.74) is 0.106. The lowest BCUT2D eigenvalue weighted by molar-refractivity contribution is -0.141. The minimum Gasteiger partial charge on any atom is -0.324 e. The van der Waals surface area contributed by atoms with E-state index in [-0.39, 0.29) is 11.8 Å². The van der Waals surface area contributed by atoms with Gasteiger partial charge in [-0.25, -0.2) is 9.67 Å². The van der Waals surface area contributed by atoms with Gasteiger partial charge >= 0.3 is 6.18 Å². The number of nitrogens with zero attached hydrogens (tertiary/aromatic N) is 4. The number of nitrogens with one attached hydrogen (secondary N) is 1. The molecular weight excluding hydrogens is 387 g/mol. The van der Waals surface area contributed by atoms with Gasteiger partial charge in [0.1, 0.15) is 0 Å². The summed E-state index contributed by atoms with van der Waals surface area (Å²) in [5, 5.41) is 6.60. The van der Waals surface area contributed by atoms with Crippen molar-refractivity contribution in [2.24, 2.45) is 0 Å². The van der Waals surface area contributed by atoms with E-state index in [1.54, 1.807) is 0 Å². The minimum absolute atomic E-state index is 0.219. The Labute approximate surface area is 143 Å². The Bertz CT molecular complexity index is 861. The highest BCUT2D eigenvalue weighted by Gasteiger charge is 2.34. The molecule has 9 heteroatoms. The van der Waals surface area contributed by atoms with Crippen molar-refractivity contribution >= 4 is 27.6 Å². The molecule has 0 atom stereocenters. The molecule has 0 fully saturated rings. The average molecular weight is 398 g/mol. The molecule has 0 aliphatic rings. The van der Waals surface area contributed by atoms with Gasteiger partial charge in [0.05, 0.1) is 4.47 Å². The number of aryl methyl sites for hydroxylation is 1. The first-order valence-electron chi connectivity index (χ1n) is 6.83. The zero-order valence-electron chi connectivity index (χ0n) is 12.3. The maximum Gasteiger partial charge on any atom is 0.435 e. The molecule has 24 heavy (non-hydrogen) atoms. The molecule has 0 bridgehead atoms. The predicted octanol–water partition coefficient (Wildman–Crippen LogP) is 4.50. The molecule has 1 N–H and O–H groups in total. The molecule has 0 saturated heterocycles. The summed E-state index contributed by atoms with van der Waals surface area (Å²) in [4.78, 5) is 8.37. The van der Waals surface area contributed by atoms with E-state index < -0.39 is 11.9 Å². The fraction of sp³-hybridized carbons (Fsp3) is 0.133. The van der Waals surface area contributed by atoms with Crippen molar-refractivity contribution in [2.75, 3.05) is 5.32 Å². The topological polar surface area (TPSA) is 55.6 Å². The van der Waals surface area contributed by atoms with Crippen LogP contribution in [0.25, 0.3) is 5.82 Å². The molecule has 0 spiro atoms. The van der Waals surface area contributed by atoms with Crippen LogP contribution < -0.4 is 5.32 Å². The third-order valence-corrected chi connectivity index (χ3v) is 3.69. The lowest BCUT2D eigenvalue weighted by atomic mass is 10.3. The van der Waals surface area contributed by atoms with Gasteiger partial charge < -0.3 is 5.32 Å². The molecule has 5 nitrogen and oxygen atoms in total. The van der Waals surface area contributed by atoms with E-state index in [1.807, 2.05) is 30.3 Å². The van der Waals surface area contributed by atoms with Crippen molar-refractivity contribution in [2.45, 2.75) is 13.1 Å². The number of anilines is 2. The van der Waals surface area contributed by atoms with Gasteiger partial charge in [0.2, 0.25) is 5.95 Å². The number of aromatic nitrogens is 4. The SMILES string of the molecule is Cc1cc(C(F)(F)F)nn1-c1nc(Nc2ccccc2)ncc1Br. The van der Waals surface area contributed by atoms with Gasteiger partial charge in [-0.2, -0.15) is 23.3 Å². The molecule has 2 aromatic heterocycles. The Balaban J connectivity index is 1.99. The molecule has 0 radical (unpaired) electrons. The maximum atomic E-state index is 12.8. The third kappa shape index (κ3) is 3.40. The highest BCUT2D eigenvalue weighted by atomic mass is 79.9. The normalized spacial score (nSPS) is 11.5. The highest BCUT2D eigenvalue weighted by molar-refractivity contribution is 9.10. The highest BCUT2D eigenvalue weighted by Crippen LogP contribution is 2.30. The van der Waals surface area contributed by atoms with Crippen LogP contribution in [0.1, 0.15) is 11.4 Å². The van der Waals surface area contributed by atoms with Crippen LogP contribution in [0.2, 0.25) is 0 Å². The first kappa shape index (κ1) is 16.4. The van der Waals surface area contributed by atoms with E-state index in [1.165, 1.54) is 13.1 Å². The Kier molecular flexibility index (Phi) is 4.27. The van der Waals surface area contributed by atoms with E-state index >= 15 is 0 Å². The third-order valence-electron chi connectivity index (χ3n) is 3.13. The van der Waals surface area contributed by atoms with E-state index in [0.29, 0.717) is 10.2 Å². The molecule has 0 amide bonds. The van der Waals surface area contributed by atoms with Gasteiger partial charge in [-0.05, 0) is 41.1 Å². The summed E-state index contributed by atoms with van der Waals surface area (Å²) in [5.74, 6) is 0.472. The van der Waals surface area contributed by atoms with Crippen molar-refractivity contribution in [1.29, 1.82) is 0 Å². The summed E-state index contributed by atoms with van der Waals surface area (Å²) in [6.07, 6.45) is -3.05. The number of hydrogen-bond donors (Lipinski definition) is 1. The molecule has 0 aliphatic carbocycles. The fourth-order valence-corrected chi connectivity index (χ4v) is 2.40. The zero-order valence-corrected chi connectivity index (χ0v) is 13.9. The molecule has 0 aliphatic heterocycles. The van der Waals surface area contributed by atoms with Crippen molar-refractivity contribution < 1.29 is 13.2 Å². The quantitative estimate of drug-likeness (QED) is 0.706. The zero-order chi connectivity index (χ0) is 17.3. The number of hydrogen-bond acceptors (Lipinski definition) is 4. The maximum absolute atomic E-state index is 12.8. The number of benzene rings is 1. The standard InChI is InChI=1S/C15H11BrF3N5/c1-9-7-12(15(17,18)19)23-24(9)13-11(16)8-20-14(22-13)21-10-5-3-2-4-6-10/h2-8H,1H3,(H,20,21,22). The van der Waals surface area contributed by atoms with Gasteiger partial charge in [0, 0.05) is 17.6 Å². The Hall–Kier alpha value is -2.42. The lowest BCUT2D eigenvalue weighted by Crippen LogP contribution is -2.10. The molecule has 2 heterocycles. The van der Waals surface area contributed by atoms with Crippen LogP contribution in [0, 0.1) is 6.92 Å². The first-order valence-corrected chi connectivity index (χ1v) is 7.63. The van der Waals surface area contributed by atoms with Gasteiger partial charge in [-0.3, -0.25) is 0 Å². The summed E-state index contributed by atoms with van der Waals surface area (Å²) in [6.45, 7) is 1.53. The van der Waals surface area contributed by atoms with Crippen molar-refractivity contribution in [3.63, 3.8) is 0 Å². The Morgan fingerprint density at radius 3 is 2.50 bits per heavy atom. The van der Waals surface area contributed by atoms with E-state index in [0.717, 1.165) is 16.4 Å².